The molecule has 0 radical (unpaired) electrons. The highest BCUT2D eigenvalue weighted by atomic mass is 79.9. The number of amides is 1. The standard InChI is InChI=1S/C20H18BrClN4OS/c1-3-10-26-19(14-4-7-16(22)8-5-14)24-25-20(26)28-12-18(27)23-17-9-6-15(21)11-13(17)2/h3-9,11H,1,10,12H2,2H3,(H,23,27). The summed E-state index contributed by atoms with van der Waals surface area (Å²) < 4.78 is 2.91. The summed E-state index contributed by atoms with van der Waals surface area (Å²) in [5.41, 5.74) is 2.69. The summed E-state index contributed by atoms with van der Waals surface area (Å²) in [4.78, 5) is 12.4. The SMILES string of the molecule is C=CCn1c(SCC(=O)Nc2ccc(Br)cc2C)nnc1-c1ccc(Cl)cc1. The molecule has 1 aromatic heterocycles. The molecule has 0 saturated heterocycles. The van der Waals surface area contributed by atoms with Gasteiger partial charge in [-0.05, 0) is 55.0 Å². The minimum Gasteiger partial charge on any atom is -0.325 e. The van der Waals surface area contributed by atoms with Crippen LogP contribution >= 0.6 is 39.3 Å². The maximum atomic E-state index is 12.4. The van der Waals surface area contributed by atoms with Gasteiger partial charge in [0.05, 0.1) is 5.75 Å². The highest BCUT2D eigenvalue weighted by Crippen LogP contribution is 2.26. The number of halogens is 2. The molecule has 0 aliphatic heterocycles. The van der Waals surface area contributed by atoms with Gasteiger partial charge in [0.15, 0.2) is 11.0 Å². The molecule has 1 amide bonds. The van der Waals surface area contributed by atoms with Crippen molar-refractivity contribution in [3.63, 3.8) is 0 Å². The van der Waals surface area contributed by atoms with Crippen molar-refractivity contribution in [2.24, 2.45) is 0 Å². The average molecular weight is 478 g/mol. The second kappa shape index (κ2) is 9.41. The Hall–Kier alpha value is -2.09. The van der Waals surface area contributed by atoms with Crippen molar-refractivity contribution in [3.8, 4) is 11.4 Å². The van der Waals surface area contributed by atoms with Crippen LogP contribution in [-0.2, 0) is 11.3 Å². The Kier molecular flexibility index (Phi) is 6.93. The first-order valence-corrected chi connectivity index (χ1v) is 10.6. The van der Waals surface area contributed by atoms with Gasteiger partial charge in [-0.15, -0.1) is 16.8 Å². The number of carbonyl (C=O) groups excluding carboxylic acids is 1. The molecule has 2 aromatic carbocycles. The molecule has 0 saturated carbocycles. The van der Waals surface area contributed by atoms with Crippen LogP contribution in [0.15, 0.2) is 64.7 Å². The van der Waals surface area contributed by atoms with E-state index in [9.17, 15) is 4.79 Å². The molecular formula is C20H18BrClN4OS. The molecule has 8 heteroatoms. The van der Waals surface area contributed by atoms with Gasteiger partial charge < -0.3 is 5.32 Å². The lowest BCUT2D eigenvalue weighted by atomic mass is 10.2. The molecule has 1 N–H and O–H groups in total. The van der Waals surface area contributed by atoms with Crippen LogP contribution in [0.1, 0.15) is 5.56 Å². The van der Waals surface area contributed by atoms with Gasteiger partial charge in [-0.25, -0.2) is 0 Å². The molecule has 3 aromatic rings. The number of thioether (sulfide) groups is 1. The Morgan fingerprint density at radius 1 is 1.29 bits per heavy atom. The third-order valence-electron chi connectivity index (χ3n) is 3.93. The average Bonchev–Trinajstić information content (AvgIpc) is 3.06. The third kappa shape index (κ3) is 5.04. The molecular weight excluding hydrogens is 460 g/mol. The summed E-state index contributed by atoms with van der Waals surface area (Å²) in [5.74, 6) is 0.839. The van der Waals surface area contributed by atoms with E-state index >= 15 is 0 Å². The fourth-order valence-corrected chi connectivity index (χ4v) is 3.93. The Balaban J connectivity index is 1.72. The topological polar surface area (TPSA) is 59.8 Å². The fourth-order valence-electron chi connectivity index (χ4n) is 2.59. The molecule has 5 nitrogen and oxygen atoms in total. The van der Waals surface area contributed by atoms with Crippen LogP contribution < -0.4 is 5.32 Å². The number of carbonyl (C=O) groups is 1. The van der Waals surface area contributed by atoms with Crippen LogP contribution in [-0.4, -0.2) is 26.4 Å². The van der Waals surface area contributed by atoms with E-state index in [1.807, 2.05) is 54.0 Å². The number of aryl methyl sites for hydroxylation is 1. The highest BCUT2D eigenvalue weighted by molar-refractivity contribution is 9.10. The van der Waals surface area contributed by atoms with E-state index in [2.05, 4.69) is 38.0 Å². The van der Waals surface area contributed by atoms with Gasteiger partial charge in [0.1, 0.15) is 0 Å². The van der Waals surface area contributed by atoms with E-state index in [0.29, 0.717) is 22.5 Å². The summed E-state index contributed by atoms with van der Waals surface area (Å²) in [6.07, 6.45) is 1.78. The zero-order valence-corrected chi connectivity index (χ0v) is 18.3. The smallest absolute Gasteiger partial charge is 0.234 e. The van der Waals surface area contributed by atoms with Crippen molar-refractivity contribution in [2.45, 2.75) is 18.6 Å². The summed E-state index contributed by atoms with van der Waals surface area (Å²) >= 11 is 10.7. The molecule has 0 bridgehead atoms. The van der Waals surface area contributed by atoms with Gasteiger partial charge in [0, 0.05) is 27.3 Å². The van der Waals surface area contributed by atoms with Crippen LogP contribution in [0.3, 0.4) is 0 Å². The number of hydrogen-bond donors (Lipinski definition) is 1. The number of hydrogen-bond acceptors (Lipinski definition) is 4. The van der Waals surface area contributed by atoms with E-state index < -0.39 is 0 Å². The van der Waals surface area contributed by atoms with Crippen molar-refractivity contribution < 1.29 is 4.79 Å². The quantitative estimate of drug-likeness (QED) is 0.356. The van der Waals surface area contributed by atoms with E-state index in [0.717, 1.165) is 21.3 Å². The first-order valence-electron chi connectivity index (χ1n) is 8.46. The molecule has 0 fully saturated rings. The minimum atomic E-state index is -0.100. The van der Waals surface area contributed by atoms with Crippen molar-refractivity contribution in [2.75, 3.05) is 11.1 Å². The maximum Gasteiger partial charge on any atom is 0.234 e. The maximum absolute atomic E-state index is 12.4. The molecule has 28 heavy (non-hydrogen) atoms. The van der Waals surface area contributed by atoms with Gasteiger partial charge in [-0.1, -0.05) is 45.4 Å². The Labute approximate surface area is 181 Å². The number of rotatable bonds is 7. The molecule has 0 spiro atoms. The molecule has 144 valence electrons. The zero-order chi connectivity index (χ0) is 20.1. The summed E-state index contributed by atoms with van der Waals surface area (Å²) in [6, 6.07) is 13.1. The number of aromatic nitrogens is 3. The first-order chi connectivity index (χ1) is 13.5. The monoisotopic (exact) mass is 476 g/mol. The second-order valence-corrected chi connectivity index (χ2v) is 8.30. The number of nitrogens with one attached hydrogen (secondary N) is 1. The number of allylic oxidation sites excluding steroid dienone is 1. The molecule has 0 aliphatic carbocycles. The molecule has 0 atom stereocenters. The number of nitrogens with zero attached hydrogens (tertiary/aromatic N) is 3. The van der Waals surface area contributed by atoms with Crippen molar-refractivity contribution in [1.82, 2.24) is 14.8 Å². The van der Waals surface area contributed by atoms with Gasteiger partial charge in [0.25, 0.3) is 0 Å². The lowest BCUT2D eigenvalue weighted by Crippen LogP contribution is -2.15. The van der Waals surface area contributed by atoms with Gasteiger partial charge in [-0.3, -0.25) is 9.36 Å². The normalized spacial score (nSPS) is 10.7. The van der Waals surface area contributed by atoms with Crippen molar-refractivity contribution >= 4 is 50.9 Å². The lowest BCUT2D eigenvalue weighted by Gasteiger charge is -2.10. The Morgan fingerprint density at radius 2 is 2.04 bits per heavy atom. The summed E-state index contributed by atoms with van der Waals surface area (Å²) in [6.45, 7) is 6.30. The van der Waals surface area contributed by atoms with Gasteiger partial charge in [-0.2, -0.15) is 0 Å². The van der Waals surface area contributed by atoms with Crippen molar-refractivity contribution in [1.29, 1.82) is 0 Å². The van der Waals surface area contributed by atoms with Crippen LogP contribution in [0.2, 0.25) is 5.02 Å². The van der Waals surface area contributed by atoms with E-state index in [1.54, 1.807) is 6.08 Å². The largest absolute Gasteiger partial charge is 0.325 e. The highest BCUT2D eigenvalue weighted by Gasteiger charge is 2.15. The van der Waals surface area contributed by atoms with E-state index in [1.165, 1.54) is 11.8 Å². The second-order valence-electron chi connectivity index (χ2n) is 6.01. The number of benzene rings is 2. The first kappa shape index (κ1) is 20.6. The van der Waals surface area contributed by atoms with Crippen LogP contribution in [0, 0.1) is 6.92 Å². The number of anilines is 1. The Morgan fingerprint density at radius 3 is 2.71 bits per heavy atom. The summed E-state index contributed by atoms with van der Waals surface area (Å²) in [7, 11) is 0. The van der Waals surface area contributed by atoms with Crippen LogP contribution in [0.25, 0.3) is 11.4 Å². The Bertz CT molecular complexity index is 1000. The predicted octanol–water partition coefficient (Wildman–Crippen LogP) is 5.59. The molecule has 3 rings (SSSR count). The fraction of sp³-hybridized carbons (Fsp3) is 0.150. The third-order valence-corrected chi connectivity index (χ3v) is 5.64. The van der Waals surface area contributed by atoms with Crippen LogP contribution in [0.5, 0.6) is 0 Å². The van der Waals surface area contributed by atoms with Crippen LogP contribution in [0.4, 0.5) is 5.69 Å². The predicted molar refractivity (Wildman–Crippen MR) is 119 cm³/mol. The molecule has 0 unspecified atom stereocenters. The van der Waals surface area contributed by atoms with Gasteiger partial charge in [0.2, 0.25) is 5.91 Å². The molecule has 0 aliphatic rings. The molecule has 1 heterocycles. The van der Waals surface area contributed by atoms with Gasteiger partial charge >= 0.3 is 0 Å². The lowest BCUT2D eigenvalue weighted by molar-refractivity contribution is -0.113. The minimum absolute atomic E-state index is 0.100. The van der Waals surface area contributed by atoms with E-state index in [4.69, 9.17) is 11.6 Å². The summed E-state index contributed by atoms with van der Waals surface area (Å²) in [5, 5.41) is 12.8. The van der Waals surface area contributed by atoms with E-state index in [-0.39, 0.29) is 11.7 Å². The zero-order valence-electron chi connectivity index (χ0n) is 15.2. The van der Waals surface area contributed by atoms with Crippen molar-refractivity contribution in [3.05, 3.63) is 70.2 Å².